The van der Waals surface area contributed by atoms with E-state index in [1.807, 2.05) is 0 Å². The molecular formula is C48H61F6N5O12S2. The number of carbonyl (C=O) groups is 7. The molecule has 0 radical (unpaired) electrons. The van der Waals surface area contributed by atoms with E-state index < -0.39 is 81.0 Å². The molecule has 404 valence electrons. The van der Waals surface area contributed by atoms with E-state index in [1.165, 1.54) is 33.3 Å². The summed E-state index contributed by atoms with van der Waals surface area (Å²) in [4.78, 5) is 82.5. The Bertz CT molecular complexity index is 2350. The van der Waals surface area contributed by atoms with Gasteiger partial charge in [-0.3, -0.25) is 14.4 Å². The number of ether oxygens (including phenoxy) is 4. The van der Waals surface area contributed by atoms with Crippen molar-refractivity contribution in [3.05, 3.63) is 94.6 Å². The minimum Gasteiger partial charge on any atom is -0.482 e. The second kappa shape index (κ2) is 30.0. The lowest BCUT2D eigenvalue weighted by Crippen LogP contribution is -2.42. The van der Waals surface area contributed by atoms with Crippen LogP contribution >= 0.6 is 23.5 Å². The number of nitrogens with zero attached hydrogens (tertiary/aromatic N) is 2. The van der Waals surface area contributed by atoms with Crippen molar-refractivity contribution in [2.24, 2.45) is 11.5 Å². The number of carboxylic acid groups (broad SMARTS) is 1. The molecule has 2 aliphatic rings. The minimum absolute atomic E-state index is 0.00252. The molecule has 5 amide bonds. The number of hydrogen-bond acceptors (Lipinski definition) is 13. The summed E-state index contributed by atoms with van der Waals surface area (Å²) in [5.41, 5.74) is 9.02. The van der Waals surface area contributed by atoms with Crippen LogP contribution in [0.5, 0.6) is 5.75 Å². The topological polar surface area (TPSA) is 247 Å². The van der Waals surface area contributed by atoms with Crippen LogP contribution in [0, 0.1) is 34.9 Å². The molecule has 17 nitrogen and oxygen atoms in total. The van der Waals surface area contributed by atoms with E-state index in [0.29, 0.717) is 48.2 Å². The lowest BCUT2D eigenvalue weighted by atomic mass is 10.1. The van der Waals surface area contributed by atoms with Gasteiger partial charge in [0.1, 0.15) is 28.6 Å². The Morgan fingerprint density at radius 3 is 1.45 bits per heavy atom. The maximum atomic E-state index is 13.8. The van der Waals surface area contributed by atoms with E-state index >= 15 is 0 Å². The van der Waals surface area contributed by atoms with Crippen molar-refractivity contribution in [1.82, 2.24) is 9.80 Å². The van der Waals surface area contributed by atoms with Gasteiger partial charge in [0.2, 0.25) is 11.8 Å². The number of benzene rings is 3. The number of amides is 5. The third-order valence-corrected chi connectivity index (χ3v) is 11.7. The van der Waals surface area contributed by atoms with E-state index in [4.69, 9.17) is 26.0 Å². The standard InChI is InChI=1S/C24H25F3N2O5S.C14H14F3NO3S.2C5H11NO2/c1-2-33-22(31)14-34-17-8-6-16(7-9-17)28-23(32)24-29(10-11-35-24)21(30)5-3-4-15-12-19(26)20(27)13-18(15)25;15-9-7-11(17)10(16)6-8(9)2-1-3-12(19)18-4-5-22-13(18)14(20)21;2*1-5(2,3)8-4(6)7/h6-9,12-13,24H,2-5,10-11,14H2,1H3,(H,28,32);6-7,13H,1-5H2,(H,20,21);2*1-3H3,(H2,6,7). The number of hydrogen-bond donors (Lipinski definition) is 4. The molecule has 0 aromatic heterocycles. The van der Waals surface area contributed by atoms with Gasteiger partial charge in [0.25, 0.3) is 5.91 Å². The molecule has 3 aromatic carbocycles. The first-order valence-corrected chi connectivity index (χ1v) is 24.6. The number of carbonyl (C=O) groups excluding carboxylic acids is 6. The highest BCUT2D eigenvalue weighted by Gasteiger charge is 2.35. The van der Waals surface area contributed by atoms with Crippen LogP contribution in [0.2, 0.25) is 0 Å². The summed E-state index contributed by atoms with van der Waals surface area (Å²) in [7, 11) is 0. The van der Waals surface area contributed by atoms with Crippen LogP contribution in [0.4, 0.5) is 41.6 Å². The number of nitrogens with two attached hydrogens (primary N) is 2. The molecule has 6 N–H and O–H groups in total. The Hall–Kier alpha value is -6.37. The van der Waals surface area contributed by atoms with Crippen LogP contribution in [0.1, 0.15) is 85.3 Å². The number of aliphatic carboxylic acids is 1. The summed E-state index contributed by atoms with van der Waals surface area (Å²) in [6.45, 7) is 13.1. The first-order chi connectivity index (χ1) is 34.0. The molecule has 2 unspecified atom stereocenters. The molecule has 2 heterocycles. The molecule has 2 aliphatic heterocycles. The fourth-order valence-corrected chi connectivity index (χ4v) is 8.53. The molecule has 0 saturated carbocycles. The normalized spacial score (nSPS) is 15.0. The van der Waals surface area contributed by atoms with Crippen LogP contribution in [0.15, 0.2) is 48.5 Å². The van der Waals surface area contributed by atoms with Crippen molar-refractivity contribution in [3.8, 4) is 5.75 Å². The van der Waals surface area contributed by atoms with E-state index in [-0.39, 0.29) is 80.6 Å². The predicted molar refractivity (Wildman–Crippen MR) is 260 cm³/mol. The number of aryl methyl sites for hydroxylation is 2. The van der Waals surface area contributed by atoms with Gasteiger partial charge in [-0.15, -0.1) is 23.5 Å². The second-order valence-corrected chi connectivity index (χ2v) is 19.9. The summed E-state index contributed by atoms with van der Waals surface area (Å²) in [6, 6.07) is 8.95. The molecule has 2 fully saturated rings. The lowest BCUT2D eigenvalue weighted by molar-refractivity contribution is -0.145. The smallest absolute Gasteiger partial charge is 0.405 e. The number of primary amides is 2. The monoisotopic (exact) mass is 1080 g/mol. The van der Waals surface area contributed by atoms with E-state index in [1.54, 1.807) is 72.7 Å². The van der Waals surface area contributed by atoms with Gasteiger partial charge in [-0.25, -0.2) is 45.5 Å². The van der Waals surface area contributed by atoms with Crippen molar-refractivity contribution >= 4 is 71.1 Å². The van der Waals surface area contributed by atoms with Gasteiger partial charge in [-0.2, -0.15) is 0 Å². The van der Waals surface area contributed by atoms with Gasteiger partial charge in [0, 0.05) is 55.3 Å². The summed E-state index contributed by atoms with van der Waals surface area (Å²) < 4.78 is 98.7. The Kier molecular flexibility index (Phi) is 25.8. The number of thioether (sulfide) groups is 2. The molecule has 2 saturated heterocycles. The molecular weight excluding hydrogens is 1020 g/mol. The van der Waals surface area contributed by atoms with Crippen molar-refractivity contribution in [3.63, 3.8) is 0 Å². The average Bonchev–Trinajstić information content (AvgIpc) is 3.98. The number of halogens is 6. The third-order valence-electron chi connectivity index (χ3n) is 9.31. The van der Waals surface area contributed by atoms with E-state index in [9.17, 15) is 59.9 Å². The first-order valence-electron chi connectivity index (χ1n) is 22.5. The molecule has 73 heavy (non-hydrogen) atoms. The second-order valence-electron chi connectivity index (χ2n) is 17.6. The van der Waals surface area contributed by atoms with Gasteiger partial charge < -0.3 is 50.6 Å². The number of rotatable bonds is 15. The molecule has 0 bridgehead atoms. The van der Waals surface area contributed by atoms with Gasteiger partial charge >= 0.3 is 24.1 Å². The highest BCUT2D eigenvalue weighted by atomic mass is 32.2. The Morgan fingerprint density at radius 1 is 0.658 bits per heavy atom. The Morgan fingerprint density at radius 2 is 1.07 bits per heavy atom. The Balaban J connectivity index is 0.000000405. The van der Waals surface area contributed by atoms with Crippen molar-refractivity contribution in [2.45, 2.75) is 109 Å². The molecule has 2 atom stereocenters. The number of carboxylic acids is 1. The lowest BCUT2D eigenvalue weighted by Gasteiger charge is -2.23. The largest absolute Gasteiger partial charge is 0.482 e. The predicted octanol–water partition coefficient (Wildman–Crippen LogP) is 8.08. The van der Waals surface area contributed by atoms with E-state index in [0.717, 1.165) is 12.1 Å². The summed E-state index contributed by atoms with van der Waals surface area (Å²) in [6.07, 6.45) is -0.782. The fraction of sp³-hybridized carbons (Fsp3) is 0.479. The van der Waals surface area contributed by atoms with Gasteiger partial charge in [0.15, 0.2) is 40.6 Å². The highest BCUT2D eigenvalue weighted by molar-refractivity contribution is 8.01. The van der Waals surface area contributed by atoms with Crippen molar-refractivity contribution in [2.75, 3.05) is 43.1 Å². The zero-order valence-electron chi connectivity index (χ0n) is 41.3. The van der Waals surface area contributed by atoms with E-state index in [2.05, 4.69) is 14.8 Å². The van der Waals surface area contributed by atoms with Crippen LogP contribution in [-0.4, -0.2) is 117 Å². The number of anilines is 1. The fourth-order valence-electron chi connectivity index (χ4n) is 6.32. The quantitative estimate of drug-likeness (QED) is 0.0487. The number of nitrogens with one attached hydrogen (secondary N) is 1. The molecule has 0 aliphatic carbocycles. The van der Waals surface area contributed by atoms with Gasteiger partial charge in [-0.05, 0) is 122 Å². The van der Waals surface area contributed by atoms with Gasteiger partial charge in [-0.1, -0.05) is 0 Å². The highest BCUT2D eigenvalue weighted by Crippen LogP contribution is 2.28. The zero-order chi connectivity index (χ0) is 55.2. The molecule has 3 aromatic rings. The zero-order valence-corrected chi connectivity index (χ0v) is 43.0. The van der Waals surface area contributed by atoms with Crippen LogP contribution < -0.4 is 21.5 Å². The SMILES string of the molecule is CC(C)(C)OC(N)=O.CC(C)(C)OC(N)=O.CCOC(=O)COc1ccc(NC(=O)C2SCCN2C(=O)CCCc2cc(F)c(F)cc2F)cc1.O=C(O)C1SCCN1C(=O)CCCc1cc(F)c(F)cc1F. The van der Waals surface area contributed by atoms with Crippen LogP contribution in [0.25, 0.3) is 0 Å². The maximum absolute atomic E-state index is 13.8. The molecule has 5 rings (SSSR count). The van der Waals surface area contributed by atoms with Crippen LogP contribution in [0.3, 0.4) is 0 Å². The molecule has 25 heteroatoms. The third kappa shape index (κ3) is 23.8. The first kappa shape index (κ1) is 62.7. The maximum Gasteiger partial charge on any atom is 0.405 e. The average molecular weight is 1080 g/mol. The summed E-state index contributed by atoms with van der Waals surface area (Å²) in [5, 5.41) is 10.1. The molecule has 0 spiro atoms. The minimum atomic E-state index is -1.26. The van der Waals surface area contributed by atoms with Gasteiger partial charge in [0.05, 0.1) is 6.61 Å². The van der Waals surface area contributed by atoms with Crippen LogP contribution in [-0.2, 0) is 51.0 Å². The van der Waals surface area contributed by atoms with Crippen molar-refractivity contribution in [1.29, 1.82) is 0 Å². The summed E-state index contributed by atoms with van der Waals surface area (Å²) >= 11 is 2.50. The summed E-state index contributed by atoms with van der Waals surface area (Å²) in [5.74, 6) is -7.46. The Labute approximate surface area is 427 Å². The number of esters is 1. The van der Waals surface area contributed by atoms with Crippen molar-refractivity contribution < 1.29 is 84.0 Å².